The third-order valence-corrected chi connectivity index (χ3v) is 6.04. The molecule has 0 atom stereocenters. The zero-order valence-corrected chi connectivity index (χ0v) is 22.8. The molecule has 0 aliphatic carbocycles. The standard InChI is InChI=1S/C28H18BrN5O8/c29-21-8-11-25(42-28(37)19-13-23(33(38)39)15-24(14-19)34(40)41)20(12-21)16-30-32-27(36)18-6-9-22(10-7-18)31-26(35)17-4-2-1-3-5-17/h1-16H,(H,31,35)(H,32,36)/b30-16-. The monoisotopic (exact) mass is 631 g/mol. The van der Waals surface area contributed by atoms with E-state index in [1.54, 1.807) is 48.5 Å². The van der Waals surface area contributed by atoms with Crippen LogP contribution in [-0.4, -0.2) is 33.8 Å². The topological polar surface area (TPSA) is 183 Å². The van der Waals surface area contributed by atoms with Gasteiger partial charge >= 0.3 is 5.97 Å². The van der Waals surface area contributed by atoms with Gasteiger partial charge in [0.25, 0.3) is 23.2 Å². The van der Waals surface area contributed by atoms with Crippen molar-refractivity contribution >= 4 is 57.0 Å². The van der Waals surface area contributed by atoms with Crippen LogP contribution in [0.2, 0.25) is 0 Å². The number of nitro benzene ring substituents is 2. The zero-order chi connectivity index (χ0) is 30.2. The fraction of sp³-hybridized carbons (Fsp3) is 0. The van der Waals surface area contributed by atoms with Gasteiger partial charge < -0.3 is 10.1 Å². The van der Waals surface area contributed by atoms with E-state index in [0.29, 0.717) is 15.7 Å². The van der Waals surface area contributed by atoms with E-state index in [4.69, 9.17) is 4.74 Å². The van der Waals surface area contributed by atoms with Crippen LogP contribution in [0.1, 0.15) is 36.6 Å². The zero-order valence-electron chi connectivity index (χ0n) is 21.2. The van der Waals surface area contributed by atoms with Crippen molar-refractivity contribution in [3.8, 4) is 5.75 Å². The highest BCUT2D eigenvalue weighted by Gasteiger charge is 2.22. The number of hydrogen-bond donors (Lipinski definition) is 2. The Bertz CT molecular complexity index is 1690. The maximum atomic E-state index is 12.7. The van der Waals surface area contributed by atoms with E-state index in [2.05, 4.69) is 31.8 Å². The number of anilines is 1. The SMILES string of the molecule is O=C(N/N=C\c1cc(Br)ccc1OC(=O)c1cc([N+](=O)[O-])cc([N+](=O)[O-])c1)c1ccc(NC(=O)c2ccccc2)cc1. The molecule has 2 N–H and O–H groups in total. The van der Waals surface area contributed by atoms with Gasteiger partial charge in [-0.05, 0) is 54.6 Å². The van der Waals surface area contributed by atoms with Gasteiger partial charge in [-0.25, -0.2) is 10.2 Å². The molecule has 0 heterocycles. The number of nitrogens with one attached hydrogen (secondary N) is 2. The predicted molar refractivity (Wildman–Crippen MR) is 155 cm³/mol. The highest BCUT2D eigenvalue weighted by atomic mass is 79.9. The summed E-state index contributed by atoms with van der Waals surface area (Å²) in [5.41, 5.74) is 2.09. The fourth-order valence-electron chi connectivity index (χ4n) is 3.52. The van der Waals surface area contributed by atoms with Gasteiger partial charge in [-0.15, -0.1) is 0 Å². The number of hydrogen-bond acceptors (Lipinski definition) is 9. The van der Waals surface area contributed by atoms with Gasteiger partial charge in [0.05, 0.1) is 27.7 Å². The molecule has 2 amide bonds. The Morgan fingerprint density at radius 2 is 1.38 bits per heavy atom. The van der Waals surface area contributed by atoms with Crippen molar-refractivity contribution < 1.29 is 29.0 Å². The van der Waals surface area contributed by atoms with Crippen LogP contribution >= 0.6 is 15.9 Å². The number of non-ortho nitro benzene ring substituents is 2. The van der Waals surface area contributed by atoms with Crippen molar-refractivity contribution in [2.75, 3.05) is 5.32 Å². The van der Waals surface area contributed by atoms with E-state index in [1.165, 1.54) is 30.5 Å². The molecule has 0 aliphatic rings. The number of rotatable bonds is 9. The first kappa shape index (κ1) is 29.2. The number of hydrazone groups is 1. The largest absolute Gasteiger partial charge is 0.422 e. The van der Waals surface area contributed by atoms with Crippen molar-refractivity contribution in [2.24, 2.45) is 5.10 Å². The van der Waals surface area contributed by atoms with Crippen LogP contribution < -0.4 is 15.5 Å². The molecule has 4 rings (SSSR count). The van der Waals surface area contributed by atoms with Gasteiger partial charge in [-0.2, -0.15) is 5.10 Å². The van der Waals surface area contributed by atoms with Crippen LogP contribution in [-0.2, 0) is 0 Å². The Balaban J connectivity index is 1.44. The maximum absolute atomic E-state index is 12.7. The van der Waals surface area contributed by atoms with Crippen molar-refractivity contribution in [1.29, 1.82) is 0 Å². The summed E-state index contributed by atoms with van der Waals surface area (Å²) in [5.74, 6) is -1.98. The number of nitro groups is 2. The van der Waals surface area contributed by atoms with Crippen LogP contribution in [0.3, 0.4) is 0 Å². The lowest BCUT2D eigenvalue weighted by Crippen LogP contribution is -2.18. The lowest BCUT2D eigenvalue weighted by Gasteiger charge is -2.08. The highest BCUT2D eigenvalue weighted by molar-refractivity contribution is 9.10. The van der Waals surface area contributed by atoms with E-state index < -0.39 is 38.7 Å². The molecule has 0 aromatic heterocycles. The molecule has 0 unspecified atom stereocenters. The summed E-state index contributed by atoms with van der Waals surface area (Å²) in [5, 5.41) is 28.9. The first-order valence-electron chi connectivity index (χ1n) is 11.9. The third kappa shape index (κ3) is 7.45. The molecule has 0 spiro atoms. The Morgan fingerprint density at radius 1 is 0.762 bits per heavy atom. The fourth-order valence-corrected chi connectivity index (χ4v) is 3.90. The summed E-state index contributed by atoms with van der Waals surface area (Å²) in [6.45, 7) is 0. The van der Waals surface area contributed by atoms with E-state index in [0.717, 1.165) is 18.2 Å². The van der Waals surface area contributed by atoms with E-state index in [9.17, 15) is 34.6 Å². The van der Waals surface area contributed by atoms with Gasteiger partial charge in [0.1, 0.15) is 5.75 Å². The lowest BCUT2D eigenvalue weighted by atomic mass is 10.1. The molecule has 0 saturated carbocycles. The van der Waals surface area contributed by atoms with Crippen molar-refractivity contribution in [2.45, 2.75) is 0 Å². The minimum absolute atomic E-state index is 0.0335. The molecular weight excluding hydrogens is 614 g/mol. The smallest absolute Gasteiger partial charge is 0.344 e. The molecule has 210 valence electrons. The van der Waals surface area contributed by atoms with E-state index in [-0.39, 0.29) is 22.8 Å². The number of ether oxygens (including phenoxy) is 1. The molecule has 0 fully saturated rings. The van der Waals surface area contributed by atoms with Crippen molar-refractivity contribution in [1.82, 2.24) is 5.43 Å². The number of nitrogens with zero attached hydrogens (tertiary/aromatic N) is 3. The number of esters is 1. The summed E-state index contributed by atoms with van der Waals surface area (Å²) in [6.07, 6.45) is 1.20. The predicted octanol–water partition coefficient (Wildman–Crippen LogP) is 5.50. The van der Waals surface area contributed by atoms with Crippen LogP contribution in [0, 0.1) is 20.2 Å². The molecule has 4 aromatic rings. The second-order valence-electron chi connectivity index (χ2n) is 8.42. The van der Waals surface area contributed by atoms with Crippen molar-refractivity contribution in [3.05, 3.63) is 138 Å². The minimum Gasteiger partial charge on any atom is -0.422 e. The average Bonchev–Trinajstić information content (AvgIpc) is 2.98. The highest BCUT2D eigenvalue weighted by Crippen LogP contribution is 2.26. The third-order valence-electron chi connectivity index (χ3n) is 5.55. The Morgan fingerprint density at radius 3 is 2.00 bits per heavy atom. The molecule has 0 saturated heterocycles. The number of halogens is 1. The summed E-state index contributed by atoms with van der Waals surface area (Å²) < 4.78 is 5.91. The minimum atomic E-state index is -1.08. The molecule has 0 aliphatic heterocycles. The summed E-state index contributed by atoms with van der Waals surface area (Å²) in [7, 11) is 0. The van der Waals surface area contributed by atoms with Gasteiger partial charge in [0.2, 0.25) is 0 Å². The molecule has 4 aromatic carbocycles. The van der Waals surface area contributed by atoms with E-state index >= 15 is 0 Å². The summed E-state index contributed by atoms with van der Waals surface area (Å²) >= 11 is 3.29. The molecule has 0 radical (unpaired) electrons. The van der Waals surface area contributed by atoms with Crippen LogP contribution in [0.15, 0.2) is 101 Å². The lowest BCUT2D eigenvalue weighted by molar-refractivity contribution is -0.394. The molecule has 42 heavy (non-hydrogen) atoms. The van der Waals surface area contributed by atoms with Gasteiger partial charge in [-0.1, -0.05) is 34.1 Å². The Kier molecular flexibility index (Phi) is 9.09. The second-order valence-corrected chi connectivity index (χ2v) is 9.34. The summed E-state index contributed by atoms with van der Waals surface area (Å²) in [6, 6.07) is 21.7. The van der Waals surface area contributed by atoms with Gasteiger partial charge in [0.15, 0.2) is 0 Å². The first-order valence-corrected chi connectivity index (χ1v) is 12.7. The number of carbonyl (C=O) groups excluding carboxylic acids is 3. The Labute approximate surface area is 245 Å². The summed E-state index contributed by atoms with van der Waals surface area (Å²) in [4.78, 5) is 58.1. The normalized spacial score (nSPS) is 10.6. The molecule has 13 nitrogen and oxygen atoms in total. The number of amides is 2. The van der Waals surface area contributed by atoms with Gasteiger partial charge in [0, 0.05) is 39.0 Å². The molecule has 0 bridgehead atoms. The number of carbonyl (C=O) groups is 3. The van der Waals surface area contributed by atoms with Crippen LogP contribution in [0.25, 0.3) is 0 Å². The second kappa shape index (κ2) is 13.1. The van der Waals surface area contributed by atoms with Crippen LogP contribution in [0.5, 0.6) is 5.75 Å². The number of benzene rings is 4. The van der Waals surface area contributed by atoms with E-state index in [1.807, 2.05) is 0 Å². The Hall–Kier alpha value is -5.76. The molecular formula is C28H18BrN5O8. The molecule has 14 heteroatoms. The van der Waals surface area contributed by atoms with Crippen LogP contribution in [0.4, 0.5) is 17.1 Å². The van der Waals surface area contributed by atoms with Crippen molar-refractivity contribution in [3.63, 3.8) is 0 Å². The van der Waals surface area contributed by atoms with Gasteiger partial charge in [-0.3, -0.25) is 29.8 Å². The first-order chi connectivity index (χ1) is 20.1. The maximum Gasteiger partial charge on any atom is 0.344 e. The average molecular weight is 632 g/mol. The quantitative estimate of drug-likeness (QED) is 0.0797.